The van der Waals surface area contributed by atoms with E-state index in [0.717, 1.165) is 5.56 Å². The van der Waals surface area contributed by atoms with Crippen LogP contribution in [-0.2, 0) is 4.74 Å². The number of Topliss-reactive ketones (excluding diaryl/α,β-unsaturated/α-hetero) is 1. The van der Waals surface area contributed by atoms with Crippen LogP contribution in [-0.4, -0.2) is 23.8 Å². The SMILES string of the molecule is O=C(O[C@H](C(=O)c1ccccc1)[C@@H](Br)c1ccccc1)c1ccc(NC(=O)c2ccc(Cl)cc2Cl)cc1. The van der Waals surface area contributed by atoms with E-state index in [0.29, 0.717) is 16.3 Å². The number of hydrogen-bond donors (Lipinski definition) is 1. The number of hydrogen-bond acceptors (Lipinski definition) is 4. The second kappa shape index (κ2) is 12.2. The van der Waals surface area contributed by atoms with Gasteiger partial charge in [0.15, 0.2) is 6.10 Å². The van der Waals surface area contributed by atoms with E-state index in [1.54, 1.807) is 42.5 Å². The summed E-state index contributed by atoms with van der Waals surface area (Å²) in [6, 6.07) is 28.7. The van der Waals surface area contributed by atoms with E-state index >= 15 is 0 Å². The van der Waals surface area contributed by atoms with Gasteiger partial charge < -0.3 is 10.1 Å². The standard InChI is InChI=1S/C29H20BrCl2NO4/c30-25(18-7-3-1-4-8-18)27(26(34)19-9-5-2-6-10-19)37-29(36)20-11-14-22(15-12-20)33-28(35)23-16-13-21(31)17-24(23)32/h1-17,25,27H,(H,33,35)/t25-,27-/m0/s1. The van der Waals surface area contributed by atoms with Crippen LogP contribution in [0.25, 0.3) is 0 Å². The van der Waals surface area contributed by atoms with E-state index in [-0.39, 0.29) is 21.9 Å². The van der Waals surface area contributed by atoms with E-state index < -0.39 is 22.8 Å². The Morgan fingerprint density at radius 1 is 0.757 bits per heavy atom. The predicted molar refractivity (Wildman–Crippen MR) is 149 cm³/mol. The number of alkyl halides is 1. The van der Waals surface area contributed by atoms with Crippen LogP contribution in [0.3, 0.4) is 0 Å². The molecule has 4 rings (SSSR count). The summed E-state index contributed by atoms with van der Waals surface area (Å²) < 4.78 is 5.73. The maximum atomic E-state index is 13.3. The van der Waals surface area contributed by atoms with Gasteiger partial charge in [0, 0.05) is 16.3 Å². The summed E-state index contributed by atoms with van der Waals surface area (Å²) in [7, 11) is 0. The largest absolute Gasteiger partial charge is 0.449 e. The first-order valence-corrected chi connectivity index (χ1v) is 12.9. The normalized spacial score (nSPS) is 12.3. The molecule has 0 aromatic heterocycles. The molecule has 0 spiro atoms. The first-order chi connectivity index (χ1) is 17.8. The molecule has 0 fully saturated rings. The van der Waals surface area contributed by atoms with Crippen molar-refractivity contribution in [3.05, 3.63) is 135 Å². The average molecular weight is 597 g/mol. The third kappa shape index (κ3) is 6.66. The third-order valence-corrected chi connectivity index (χ3v) is 7.05. The van der Waals surface area contributed by atoms with Crippen LogP contribution in [0.5, 0.6) is 0 Å². The number of halogens is 3. The lowest BCUT2D eigenvalue weighted by atomic mass is 9.99. The summed E-state index contributed by atoms with van der Waals surface area (Å²) in [6.07, 6.45) is -1.11. The molecule has 4 aromatic rings. The summed E-state index contributed by atoms with van der Waals surface area (Å²) in [5.41, 5.74) is 2.16. The van der Waals surface area contributed by atoms with Gasteiger partial charge in [-0.05, 0) is 48.0 Å². The number of anilines is 1. The lowest BCUT2D eigenvalue weighted by molar-refractivity contribution is 0.0282. The topological polar surface area (TPSA) is 72.5 Å². The van der Waals surface area contributed by atoms with Gasteiger partial charge in [0.1, 0.15) is 0 Å². The Bertz CT molecular complexity index is 1410. The highest BCUT2D eigenvalue weighted by Gasteiger charge is 2.32. The van der Waals surface area contributed by atoms with Gasteiger partial charge in [-0.3, -0.25) is 9.59 Å². The number of amides is 1. The Kier molecular flexibility index (Phi) is 8.77. The first-order valence-electron chi connectivity index (χ1n) is 11.2. The number of nitrogens with one attached hydrogen (secondary N) is 1. The Balaban J connectivity index is 1.51. The fourth-order valence-corrected chi connectivity index (χ4v) is 4.72. The van der Waals surface area contributed by atoms with E-state index in [9.17, 15) is 14.4 Å². The lowest BCUT2D eigenvalue weighted by Crippen LogP contribution is -2.31. The van der Waals surface area contributed by atoms with Gasteiger partial charge in [0.25, 0.3) is 5.91 Å². The molecule has 0 saturated heterocycles. The average Bonchev–Trinajstić information content (AvgIpc) is 2.92. The fraction of sp³-hybridized carbons (Fsp3) is 0.0690. The molecule has 0 aliphatic carbocycles. The van der Waals surface area contributed by atoms with Crippen molar-refractivity contribution in [1.82, 2.24) is 0 Å². The van der Waals surface area contributed by atoms with Crippen LogP contribution < -0.4 is 5.32 Å². The molecule has 0 unspecified atom stereocenters. The van der Waals surface area contributed by atoms with Crippen molar-refractivity contribution in [3.8, 4) is 0 Å². The van der Waals surface area contributed by atoms with Gasteiger partial charge in [-0.15, -0.1) is 0 Å². The lowest BCUT2D eigenvalue weighted by Gasteiger charge is -2.22. The third-order valence-electron chi connectivity index (χ3n) is 5.49. The number of ketones is 1. The van der Waals surface area contributed by atoms with Crippen molar-refractivity contribution in [2.24, 2.45) is 0 Å². The molecule has 186 valence electrons. The van der Waals surface area contributed by atoms with Crippen LogP contribution in [0.1, 0.15) is 41.5 Å². The molecule has 8 heteroatoms. The molecule has 0 aliphatic rings. The molecule has 4 aromatic carbocycles. The van der Waals surface area contributed by atoms with Crippen molar-refractivity contribution >= 4 is 62.5 Å². The van der Waals surface area contributed by atoms with Crippen molar-refractivity contribution in [1.29, 1.82) is 0 Å². The van der Waals surface area contributed by atoms with Crippen molar-refractivity contribution in [2.75, 3.05) is 5.32 Å². The van der Waals surface area contributed by atoms with Gasteiger partial charge in [-0.1, -0.05) is 99.8 Å². The quantitative estimate of drug-likeness (QED) is 0.128. The monoisotopic (exact) mass is 595 g/mol. The number of carbonyl (C=O) groups excluding carboxylic acids is 3. The summed E-state index contributed by atoms with van der Waals surface area (Å²) in [5, 5.41) is 3.37. The van der Waals surface area contributed by atoms with Crippen LogP contribution in [0.4, 0.5) is 5.69 Å². The Morgan fingerprint density at radius 2 is 1.38 bits per heavy atom. The van der Waals surface area contributed by atoms with Crippen LogP contribution >= 0.6 is 39.1 Å². The second-order valence-electron chi connectivity index (χ2n) is 8.02. The molecular weight excluding hydrogens is 577 g/mol. The number of esters is 1. The summed E-state index contributed by atoms with van der Waals surface area (Å²) in [6.45, 7) is 0. The number of carbonyl (C=O) groups is 3. The fourth-order valence-electron chi connectivity index (χ4n) is 3.57. The Labute approximate surface area is 232 Å². The highest BCUT2D eigenvalue weighted by molar-refractivity contribution is 9.09. The maximum Gasteiger partial charge on any atom is 0.338 e. The minimum absolute atomic E-state index is 0.223. The van der Waals surface area contributed by atoms with Crippen molar-refractivity contribution < 1.29 is 19.1 Å². The molecule has 1 N–H and O–H groups in total. The number of ether oxygens (including phenoxy) is 1. The predicted octanol–water partition coefficient (Wildman–Crippen LogP) is 7.79. The van der Waals surface area contributed by atoms with Gasteiger partial charge >= 0.3 is 5.97 Å². The molecule has 0 radical (unpaired) electrons. The summed E-state index contributed by atoms with van der Waals surface area (Å²) in [5.74, 6) is -1.42. The molecule has 2 atom stereocenters. The van der Waals surface area contributed by atoms with Crippen molar-refractivity contribution in [3.63, 3.8) is 0 Å². The van der Waals surface area contributed by atoms with Gasteiger partial charge in [0.05, 0.1) is 21.0 Å². The molecule has 1 amide bonds. The molecule has 37 heavy (non-hydrogen) atoms. The zero-order chi connectivity index (χ0) is 26.4. The van der Waals surface area contributed by atoms with Crippen LogP contribution in [0.2, 0.25) is 10.0 Å². The smallest absolute Gasteiger partial charge is 0.338 e. The molecular formula is C29H20BrCl2NO4. The second-order valence-corrected chi connectivity index (χ2v) is 9.85. The van der Waals surface area contributed by atoms with Gasteiger partial charge in [-0.2, -0.15) is 0 Å². The first kappa shape index (κ1) is 26.6. The number of benzene rings is 4. The Hall–Kier alpha value is -3.45. The minimum atomic E-state index is -1.11. The number of rotatable bonds is 8. The van der Waals surface area contributed by atoms with Crippen molar-refractivity contribution in [2.45, 2.75) is 10.9 Å². The zero-order valence-electron chi connectivity index (χ0n) is 19.2. The van der Waals surface area contributed by atoms with E-state index in [1.165, 1.54) is 24.3 Å². The highest BCUT2D eigenvalue weighted by atomic mass is 79.9. The van der Waals surface area contributed by atoms with Gasteiger partial charge in [-0.25, -0.2) is 4.79 Å². The zero-order valence-corrected chi connectivity index (χ0v) is 22.3. The highest BCUT2D eigenvalue weighted by Crippen LogP contribution is 2.31. The van der Waals surface area contributed by atoms with Gasteiger partial charge in [0.2, 0.25) is 5.78 Å². The van der Waals surface area contributed by atoms with E-state index in [2.05, 4.69) is 21.2 Å². The molecule has 0 heterocycles. The Morgan fingerprint density at radius 3 is 2.00 bits per heavy atom. The summed E-state index contributed by atoms with van der Waals surface area (Å²) >= 11 is 15.6. The molecule has 5 nitrogen and oxygen atoms in total. The maximum absolute atomic E-state index is 13.3. The molecule has 0 aliphatic heterocycles. The minimum Gasteiger partial charge on any atom is -0.449 e. The van der Waals surface area contributed by atoms with Crippen LogP contribution in [0, 0.1) is 0 Å². The van der Waals surface area contributed by atoms with E-state index in [4.69, 9.17) is 27.9 Å². The molecule has 0 bridgehead atoms. The molecule has 0 saturated carbocycles. The van der Waals surface area contributed by atoms with Crippen LogP contribution in [0.15, 0.2) is 103 Å². The summed E-state index contributed by atoms with van der Waals surface area (Å²) in [4.78, 5) is 38.4. The van der Waals surface area contributed by atoms with E-state index in [1.807, 2.05) is 36.4 Å².